The Bertz CT molecular complexity index is 333. The van der Waals surface area contributed by atoms with Gasteiger partial charge in [-0.05, 0) is 20.3 Å². The summed E-state index contributed by atoms with van der Waals surface area (Å²) < 4.78 is 4.88. The van der Waals surface area contributed by atoms with Gasteiger partial charge in [-0.1, -0.05) is 6.58 Å². The van der Waals surface area contributed by atoms with Crippen LogP contribution in [0.2, 0.25) is 0 Å². The van der Waals surface area contributed by atoms with Crippen LogP contribution in [0.3, 0.4) is 0 Å². The molecule has 0 saturated carbocycles. The maximum Gasteiger partial charge on any atom is 0.333 e. The molecule has 2 atom stereocenters. The molecule has 17 heavy (non-hydrogen) atoms. The van der Waals surface area contributed by atoms with Gasteiger partial charge in [0, 0.05) is 5.57 Å². The van der Waals surface area contributed by atoms with Gasteiger partial charge in [0.25, 0.3) is 0 Å². The van der Waals surface area contributed by atoms with E-state index in [4.69, 9.17) is 14.9 Å². The SMILES string of the molecule is C=C(C)C(=O)OC(C)CC(CC(=O)O)C(=O)O. The molecule has 0 bridgehead atoms. The zero-order chi connectivity index (χ0) is 13.6. The molecule has 0 radical (unpaired) electrons. The van der Waals surface area contributed by atoms with Crippen molar-refractivity contribution in [3.63, 3.8) is 0 Å². The van der Waals surface area contributed by atoms with Crippen molar-refractivity contribution in [2.24, 2.45) is 5.92 Å². The summed E-state index contributed by atoms with van der Waals surface area (Å²) in [5, 5.41) is 17.3. The second-order valence-electron chi connectivity index (χ2n) is 3.86. The third kappa shape index (κ3) is 6.34. The second-order valence-corrected chi connectivity index (χ2v) is 3.86. The minimum atomic E-state index is -1.22. The number of carboxylic acids is 2. The summed E-state index contributed by atoms with van der Waals surface area (Å²) in [6.45, 7) is 6.37. The summed E-state index contributed by atoms with van der Waals surface area (Å²) >= 11 is 0. The molecule has 0 saturated heterocycles. The zero-order valence-corrected chi connectivity index (χ0v) is 9.80. The number of carboxylic acid groups (broad SMARTS) is 2. The number of aliphatic carboxylic acids is 2. The van der Waals surface area contributed by atoms with Gasteiger partial charge in [-0.2, -0.15) is 0 Å². The number of carbonyl (C=O) groups is 3. The van der Waals surface area contributed by atoms with E-state index in [-0.39, 0.29) is 12.0 Å². The number of hydrogen-bond donors (Lipinski definition) is 2. The maximum absolute atomic E-state index is 11.1. The lowest BCUT2D eigenvalue weighted by atomic mass is 9.99. The van der Waals surface area contributed by atoms with Gasteiger partial charge in [0.05, 0.1) is 12.3 Å². The minimum absolute atomic E-state index is 0.0410. The van der Waals surface area contributed by atoms with Crippen LogP contribution in [0, 0.1) is 5.92 Å². The van der Waals surface area contributed by atoms with Crippen LogP contribution in [-0.4, -0.2) is 34.2 Å². The minimum Gasteiger partial charge on any atom is -0.481 e. The molecule has 0 rings (SSSR count). The largest absolute Gasteiger partial charge is 0.481 e. The van der Waals surface area contributed by atoms with Crippen LogP contribution in [-0.2, 0) is 19.1 Å². The van der Waals surface area contributed by atoms with Gasteiger partial charge in [-0.25, -0.2) is 4.79 Å². The summed E-state index contributed by atoms with van der Waals surface area (Å²) in [5.41, 5.74) is 0.210. The van der Waals surface area contributed by atoms with Gasteiger partial charge in [0.2, 0.25) is 0 Å². The first-order valence-electron chi connectivity index (χ1n) is 5.05. The van der Waals surface area contributed by atoms with Crippen LogP contribution < -0.4 is 0 Å². The van der Waals surface area contributed by atoms with Crippen LogP contribution in [0.1, 0.15) is 26.7 Å². The summed E-state index contributed by atoms with van der Waals surface area (Å²) in [4.78, 5) is 32.4. The summed E-state index contributed by atoms with van der Waals surface area (Å²) in [5.74, 6) is -4.10. The molecule has 0 spiro atoms. The molecule has 2 N–H and O–H groups in total. The van der Waals surface area contributed by atoms with Gasteiger partial charge in [-0.15, -0.1) is 0 Å². The molecule has 0 aliphatic heterocycles. The number of ether oxygens (including phenoxy) is 1. The molecule has 0 fully saturated rings. The third-order valence-electron chi connectivity index (χ3n) is 2.04. The Morgan fingerprint density at radius 3 is 2.18 bits per heavy atom. The fraction of sp³-hybridized carbons (Fsp3) is 0.545. The van der Waals surface area contributed by atoms with Gasteiger partial charge in [-0.3, -0.25) is 9.59 Å². The standard InChI is InChI=1S/C11H16O6/c1-6(2)11(16)17-7(3)4-8(10(14)15)5-9(12)13/h7-8H,1,4-5H2,2-3H3,(H,12,13)(H,14,15). The van der Waals surface area contributed by atoms with E-state index >= 15 is 0 Å². The van der Waals surface area contributed by atoms with Crippen LogP contribution >= 0.6 is 0 Å². The van der Waals surface area contributed by atoms with Crippen LogP contribution in [0.4, 0.5) is 0 Å². The van der Waals surface area contributed by atoms with Crippen molar-refractivity contribution in [3.05, 3.63) is 12.2 Å². The Balaban J connectivity index is 4.35. The molecule has 6 nitrogen and oxygen atoms in total. The number of esters is 1. The van der Waals surface area contributed by atoms with Crippen molar-refractivity contribution < 1.29 is 29.3 Å². The van der Waals surface area contributed by atoms with Crippen LogP contribution in [0.25, 0.3) is 0 Å². The molecular weight excluding hydrogens is 228 g/mol. The highest BCUT2D eigenvalue weighted by molar-refractivity contribution is 5.87. The summed E-state index contributed by atoms with van der Waals surface area (Å²) in [6, 6.07) is 0. The molecule has 6 heteroatoms. The molecule has 0 aliphatic rings. The van der Waals surface area contributed by atoms with E-state index in [1.165, 1.54) is 13.8 Å². The zero-order valence-electron chi connectivity index (χ0n) is 9.80. The Kier molecular flexibility index (Phi) is 5.95. The topological polar surface area (TPSA) is 101 Å². The van der Waals surface area contributed by atoms with E-state index in [1.807, 2.05) is 0 Å². The smallest absolute Gasteiger partial charge is 0.333 e. The van der Waals surface area contributed by atoms with Gasteiger partial charge >= 0.3 is 17.9 Å². The van der Waals surface area contributed by atoms with Crippen LogP contribution in [0.15, 0.2) is 12.2 Å². The Hall–Kier alpha value is -1.85. The molecule has 0 aliphatic carbocycles. The molecule has 0 aromatic carbocycles. The van der Waals surface area contributed by atoms with Crippen molar-refractivity contribution >= 4 is 17.9 Å². The lowest BCUT2D eigenvalue weighted by Crippen LogP contribution is -2.25. The predicted octanol–water partition coefficient (Wildman–Crippen LogP) is 1.06. The Morgan fingerprint density at radius 2 is 1.82 bits per heavy atom. The first-order chi connectivity index (χ1) is 7.73. The molecule has 0 aromatic rings. The normalized spacial score (nSPS) is 13.5. The second kappa shape index (κ2) is 6.67. The molecular formula is C11H16O6. The Labute approximate surface area is 98.9 Å². The van der Waals surface area contributed by atoms with E-state index in [9.17, 15) is 14.4 Å². The van der Waals surface area contributed by atoms with Crippen molar-refractivity contribution in [1.82, 2.24) is 0 Å². The van der Waals surface area contributed by atoms with E-state index in [1.54, 1.807) is 0 Å². The number of carbonyl (C=O) groups excluding carboxylic acids is 1. The highest BCUT2D eigenvalue weighted by atomic mass is 16.5. The fourth-order valence-corrected chi connectivity index (χ4v) is 1.21. The highest BCUT2D eigenvalue weighted by Gasteiger charge is 2.25. The van der Waals surface area contributed by atoms with Crippen molar-refractivity contribution in [2.45, 2.75) is 32.8 Å². The van der Waals surface area contributed by atoms with Crippen molar-refractivity contribution in [2.75, 3.05) is 0 Å². The first kappa shape index (κ1) is 15.2. The first-order valence-corrected chi connectivity index (χ1v) is 5.05. The third-order valence-corrected chi connectivity index (χ3v) is 2.04. The lowest BCUT2D eigenvalue weighted by molar-refractivity contribution is -0.152. The van der Waals surface area contributed by atoms with Crippen molar-refractivity contribution in [1.29, 1.82) is 0 Å². The Morgan fingerprint density at radius 1 is 1.29 bits per heavy atom. The molecule has 0 heterocycles. The summed E-state index contributed by atoms with van der Waals surface area (Å²) in [6.07, 6.45) is -1.20. The quantitative estimate of drug-likeness (QED) is 0.513. The van der Waals surface area contributed by atoms with E-state index in [0.29, 0.717) is 0 Å². The van der Waals surface area contributed by atoms with Gasteiger partial charge < -0.3 is 14.9 Å². The van der Waals surface area contributed by atoms with Gasteiger partial charge in [0.15, 0.2) is 0 Å². The molecule has 96 valence electrons. The number of rotatable bonds is 7. The van der Waals surface area contributed by atoms with E-state index < -0.39 is 36.4 Å². The van der Waals surface area contributed by atoms with Gasteiger partial charge in [0.1, 0.15) is 6.10 Å². The highest BCUT2D eigenvalue weighted by Crippen LogP contribution is 2.15. The summed E-state index contributed by atoms with van der Waals surface area (Å²) in [7, 11) is 0. The van der Waals surface area contributed by atoms with E-state index in [2.05, 4.69) is 6.58 Å². The van der Waals surface area contributed by atoms with Crippen molar-refractivity contribution in [3.8, 4) is 0 Å². The fourth-order valence-electron chi connectivity index (χ4n) is 1.21. The molecule has 2 unspecified atom stereocenters. The average Bonchev–Trinajstić information content (AvgIpc) is 2.15. The number of hydrogen-bond acceptors (Lipinski definition) is 4. The van der Waals surface area contributed by atoms with Crippen LogP contribution in [0.5, 0.6) is 0 Å². The monoisotopic (exact) mass is 244 g/mol. The molecule has 0 amide bonds. The predicted molar refractivity (Wildman–Crippen MR) is 58.4 cm³/mol. The maximum atomic E-state index is 11.1. The average molecular weight is 244 g/mol. The molecule has 0 aromatic heterocycles. The van der Waals surface area contributed by atoms with E-state index in [0.717, 1.165) is 0 Å². The lowest BCUT2D eigenvalue weighted by Gasteiger charge is -2.16.